The molecule has 12 heteroatoms. The van der Waals surface area contributed by atoms with Gasteiger partial charge in [0.05, 0.1) is 17.4 Å². The molecule has 1 atom stereocenters. The van der Waals surface area contributed by atoms with Crippen LogP contribution in [0, 0.1) is 5.41 Å². The number of anilines is 1. The Balaban J connectivity index is 1.63. The van der Waals surface area contributed by atoms with Gasteiger partial charge in [0.1, 0.15) is 5.56 Å². The number of nitrogens with one attached hydrogen (secondary N) is 2. The summed E-state index contributed by atoms with van der Waals surface area (Å²) in [6.07, 6.45) is 1.86. The number of hydrogen-bond acceptors (Lipinski definition) is 8. The van der Waals surface area contributed by atoms with Crippen molar-refractivity contribution < 1.29 is 19.5 Å². The summed E-state index contributed by atoms with van der Waals surface area (Å²) < 4.78 is 0. The van der Waals surface area contributed by atoms with Gasteiger partial charge in [-0.25, -0.2) is 9.59 Å². The van der Waals surface area contributed by atoms with E-state index in [1.807, 2.05) is 6.07 Å². The van der Waals surface area contributed by atoms with E-state index in [9.17, 15) is 29.1 Å². The maximum Gasteiger partial charge on any atom is 0.332 e. The van der Waals surface area contributed by atoms with E-state index < -0.39 is 40.4 Å². The molecule has 1 aromatic heterocycles. The molecule has 12 nitrogen and oxygen atoms in total. The highest BCUT2D eigenvalue weighted by atomic mass is 16.3. The number of fused-ring (bicyclic) bond motifs is 4. The monoisotopic (exact) mass is 494 g/mol. The second-order valence-electron chi connectivity index (χ2n) is 9.37. The molecule has 5 rings (SSSR count). The quantitative estimate of drug-likeness (QED) is 0.421. The summed E-state index contributed by atoms with van der Waals surface area (Å²) in [6.45, 7) is 2.43. The minimum atomic E-state index is -1.43. The summed E-state index contributed by atoms with van der Waals surface area (Å²) in [5, 5.41) is 10.2. The van der Waals surface area contributed by atoms with Crippen molar-refractivity contribution in [3.8, 4) is 5.88 Å². The van der Waals surface area contributed by atoms with Gasteiger partial charge in [-0.15, -0.1) is 0 Å². The molecular weight excluding hydrogens is 468 g/mol. The largest absolute Gasteiger partial charge is 0.494 e. The standard InChI is InChI=1S/C24H26N6O6/c1-4-14(17-18(31)26-22(35)27-19(17)32)25-13-7-8-15-12(10-13)11-24(16-6-5-9-30(15)16)20(33)28(2)23(36)29(3)21(24)34/h7-8,10,16H,4-6,9,11H2,1-3H3,(H3,26,27,31,32,35)/t16-/m0/s1. The molecule has 0 saturated carbocycles. The van der Waals surface area contributed by atoms with Crippen LogP contribution in [0.25, 0.3) is 0 Å². The minimum absolute atomic E-state index is 0.110. The normalized spacial score (nSPS) is 21.3. The molecule has 4 heterocycles. The average Bonchev–Trinajstić information content (AvgIpc) is 3.34. The van der Waals surface area contributed by atoms with Crippen LogP contribution in [0.4, 0.5) is 16.2 Å². The first-order chi connectivity index (χ1) is 17.1. The van der Waals surface area contributed by atoms with Crippen molar-refractivity contribution in [2.75, 3.05) is 25.5 Å². The van der Waals surface area contributed by atoms with Crippen LogP contribution in [-0.2, 0) is 16.0 Å². The Morgan fingerprint density at radius 3 is 2.44 bits per heavy atom. The fourth-order valence-electron chi connectivity index (χ4n) is 5.78. The molecule has 1 aromatic carbocycles. The number of imide groups is 2. The van der Waals surface area contributed by atoms with Crippen LogP contribution >= 0.6 is 0 Å². The number of rotatable bonds is 3. The van der Waals surface area contributed by atoms with Crippen molar-refractivity contribution in [2.45, 2.75) is 38.6 Å². The summed E-state index contributed by atoms with van der Waals surface area (Å²) >= 11 is 0. The Kier molecular flexibility index (Phi) is 5.34. The molecule has 4 amide bonds. The van der Waals surface area contributed by atoms with Gasteiger partial charge in [0.25, 0.3) is 5.56 Å². The zero-order valence-corrected chi connectivity index (χ0v) is 20.1. The number of hydrogen-bond donors (Lipinski definition) is 3. The number of aromatic nitrogens is 2. The van der Waals surface area contributed by atoms with E-state index in [4.69, 9.17) is 0 Å². The fraction of sp³-hybridized carbons (Fsp3) is 0.417. The number of carbonyl (C=O) groups is 3. The van der Waals surface area contributed by atoms with Crippen LogP contribution < -0.4 is 16.1 Å². The number of urea groups is 1. The summed E-state index contributed by atoms with van der Waals surface area (Å²) in [5.41, 5.74) is -0.818. The summed E-state index contributed by atoms with van der Waals surface area (Å²) in [5.74, 6) is -1.59. The summed E-state index contributed by atoms with van der Waals surface area (Å²) in [6, 6.07) is 4.39. The predicted molar refractivity (Wildman–Crippen MR) is 130 cm³/mol. The van der Waals surface area contributed by atoms with Crippen LogP contribution in [0.15, 0.2) is 32.8 Å². The number of aromatic amines is 2. The molecule has 2 aromatic rings. The number of aromatic hydroxyl groups is 1. The highest BCUT2D eigenvalue weighted by molar-refractivity contribution is 6.20. The van der Waals surface area contributed by atoms with Crippen LogP contribution in [0.1, 0.15) is 37.3 Å². The van der Waals surface area contributed by atoms with E-state index >= 15 is 0 Å². The average molecular weight is 495 g/mol. The second-order valence-corrected chi connectivity index (χ2v) is 9.37. The number of benzene rings is 1. The first-order valence-electron chi connectivity index (χ1n) is 11.7. The van der Waals surface area contributed by atoms with E-state index in [1.165, 1.54) is 14.1 Å². The molecule has 3 aliphatic rings. The van der Waals surface area contributed by atoms with Gasteiger partial charge in [-0.1, -0.05) is 6.92 Å². The topological polar surface area (TPSA) is 159 Å². The predicted octanol–water partition coefficient (Wildman–Crippen LogP) is 0.861. The highest BCUT2D eigenvalue weighted by Crippen LogP contribution is 2.49. The van der Waals surface area contributed by atoms with Gasteiger partial charge in [0.15, 0.2) is 5.41 Å². The summed E-state index contributed by atoms with van der Waals surface area (Å²) in [4.78, 5) is 76.2. The molecule has 2 saturated heterocycles. The number of aliphatic imine (C=N–C) groups is 1. The first kappa shape index (κ1) is 23.5. The van der Waals surface area contributed by atoms with Gasteiger partial charge in [0.2, 0.25) is 17.7 Å². The molecule has 0 bridgehead atoms. The number of carbonyl (C=O) groups excluding carboxylic acids is 3. The lowest BCUT2D eigenvalue weighted by Crippen LogP contribution is -2.70. The van der Waals surface area contributed by atoms with Gasteiger partial charge in [-0.3, -0.25) is 39.1 Å². The van der Waals surface area contributed by atoms with Crippen LogP contribution in [0.3, 0.4) is 0 Å². The van der Waals surface area contributed by atoms with Gasteiger partial charge < -0.3 is 10.0 Å². The molecule has 3 N–H and O–H groups in total. The smallest absolute Gasteiger partial charge is 0.332 e. The molecule has 0 aliphatic carbocycles. The third-order valence-electron chi connectivity index (χ3n) is 7.42. The van der Waals surface area contributed by atoms with Gasteiger partial charge >= 0.3 is 11.7 Å². The SMILES string of the molecule is CCC(=Nc1ccc2c(c1)CC1(C(=O)N(C)C(=O)N(C)C1=O)[C@@H]1CCCN21)c1c(O)[nH]c(=O)[nH]c1=O. The number of amides is 4. The van der Waals surface area contributed by atoms with Crippen molar-refractivity contribution in [1.82, 2.24) is 19.8 Å². The number of nitrogens with zero attached hydrogens (tertiary/aromatic N) is 4. The number of barbiturate groups is 1. The van der Waals surface area contributed by atoms with Crippen molar-refractivity contribution >= 4 is 34.9 Å². The molecule has 188 valence electrons. The van der Waals surface area contributed by atoms with Gasteiger partial charge in [0, 0.05) is 26.3 Å². The lowest BCUT2D eigenvalue weighted by atomic mass is 9.68. The Labute approximate surface area is 205 Å². The Morgan fingerprint density at radius 1 is 1.11 bits per heavy atom. The molecular formula is C24H26N6O6. The van der Waals surface area contributed by atoms with E-state index in [0.717, 1.165) is 27.5 Å². The van der Waals surface area contributed by atoms with E-state index in [0.29, 0.717) is 18.7 Å². The fourth-order valence-corrected chi connectivity index (χ4v) is 5.78. The van der Waals surface area contributed by atoms with Gasteiger partial charge in [-0.05, 0) is 49.4 Å². The number of H-pyrrole nitrogens is 2. The van der Waals surface area contributed by atoms with Crippen molar-refractivity contribution in [3.05, 3.63) is 50.2 Å². The molecule has 3 aliphatic heterocycles. The molecule has 0 radical (unpaired) electrons. The second kappa shape index (κ2) is 8.18. The van der Waals surface area contributed by atoms with Crippen LogP contribution in [-0.4, -0.2) is 75.1 Å². The third kappa shape index (κ3) is 3.20. The van der Waals surface area contributed by atoms with Crippen molar-refractivity contribution in [2.24, 2.45) is 10.4 Å². The van der Waals surface area contributed by atoms with Crippen LogP contribution in [0.5, 0.6) is 5.88 Å². The Hall–Kier alpha value is -4.22. The highest BCUT2D eigenvalue weighted by Gasteiger charge is 2.63. The Bertz CT molecular complexity index is 1430. The zero-order valence-electron chi connectivity index (χ0n) is 20.1. The lowest BCUT2D eigenvalue weighted by Gasteiger charge is -2.50. The first-order valence-corrected chi connectivity index (χ1v) is 11.7. The Morgan fingerprint density at radius 2 is 1.81 bits per heavy atom. The van der Waals surface area contributed by atoms with Gasteiger partial charge in [-0.2, -0.15) is 0 Å². The molecule has 0 unspecified atom stereocenters. The van der Waals surface area contributed by atoms with Crippen LogP contribution in [0.2, 0.25) is 0 Å². The minimum Gasteiger partial charge on any atom is -0.494 e. The lowest BCUT2D eigenvalue weighted by molar-refractivity contribution is -0.159. The molecule has 1 spiro atoms. The maximum atomic E-state index is 13.5. The van der Waals surface area contributed by atoms with Crippen molar-refractivity contribution in [1.29, 1.82) is 0 Å². The molecule has 2 fully saturated rings. The maximum absolute atomic E-state index is 13.5. The zero-order chi connectivity index (χ0) is 25.9. The van der Waals surface area contributed by atoms with E-state index in [-0.39, 0.29) is 30.2 Å². The van der Waals surface area contributed by atoms with E-state index in [2.05, 4.69) is 19.9 Å². The third-order valence-corrected chi connectivity index (χ3v) is 7.42. The van der Waals surface area contributed by atoms with E-state index in [1.54, 1.807) is 19.1 Å². The summed E-state index contributed by atoms with van der Waals surface area (Å²) in [7, 11) is 2.79. The molecule has 36 heavy (non-hydrogen) atoms. The van der Waals surface area contributed by atoms with Crippen molar-refractivity contribution in [3.63, 3.8) is 0 Å².